The van der Waals surface area contributed by atoms with Crippen LogP contribution in [0.5, 0.6) is 0 Å². The van der Waals surface area contributed by atoms with Gasteiger partial charge in [0.15, 0.2) is 5.78 Å². The minimum Gasteiger partial charge on any atom is -0.374 e. The average Bonchev–Trinajstić information content (AvgIpc) is 2.65. The fourth-order valence-corrected chi connectivity index (χ4v) is 2.83. The van der Waals surface area contributed by atoms with Gasteiger partial charge in [0.2, 0.25) is 0 Å². The van der Waals surface area contributed by atoms with Crippen LogP contribution in [0.25, 0.3) is 0 Å². The Balaban J connectivity index is 1.51. The Hall–Kier alpha value is -2.74. The number of Topliss-reactive ketones (excluding diaryl/α,β-unsaturated/α-hetero) is 1. The number of ketones is 1. The van der Waals surface area contributed by atoms with E-state index in [1.165, 1.54) is 11.6 Å². The molecule has 1 atom stereocenters. The van der Waals surface area contributed by atoms with Crippen molar-refractivity contribution in [3.63, 3.8) is 0 Å². The van der Waals surface area contributed by atoms with Gasteiger partial charge in [0, 0.05) is 44.5 Å². The van der Waals surface area contributed by atoms with Gasteiger partial charge in [0.05, 0.1) is 24.6 Å². The maximum absolute atomic E-state index is 11.8. The molecule has 0 radical (unpaired) electrons. The Morgan fingerprint density at radius 3 is 2.92 bits per heavy atom. The normalized spacial score (nSPS) is 17.2. The molecule has 8 heteroatoms. The zero-order chi connectivity index (χ0) is 18.5. The number of pyridine rings is 1. The van der Waals surface area contributed by atoms with Crippen LogP contribution in [0.15, 0.2) is 35.4 Å². The first-order chi connectivity index (χ1) is 12.5. The Morgan fingerprint density at radius 1 is 1.38 bits per heavy atom. The van der Waals surface area contributed by atoms with Crippen molar-refractivity contribution in [3.05, 3.63) is 46.5 Å². The van der Waals surface area contributed by atoms with Gasteiger partial charge in [0.25, 0.3) is 5.56 Å². The Bertz CT molecular complexity index is 818. The second-order valence-corrected chi connectivity index (χ2v) is 6.32. The minimum absolute atomic E-state index is 0.00461. The number of hydrogen-bond acceptors (Lipinski definition) is 7. The number of aromatic nitrogens is 3. The molecule has 3 rings (SSSR count). The summed E-state index contributed by atoms with van der Waals surface area (Å²) in [6.45, 7) is 4.31. The van der Waals surface area contributed by atoms with Gasteiger partial charge in [-0.2, -0.15) is 5.10 Å². The molecule has 1 aliphatic rings. The molecule has 0 aliphatic carbocycles. The highest BCUT2D eigenvalue weighted by atomic mass is 16.5. The summed E-state index contributed by atoms with van der Waals surface area (Å²) in [5.74, 6) is 0.739. The van der Waals surface area contributed by atoms with Crippen LogP contribution < -0.4 is 15.8 Å². The maximum Gasteiger partial charge on any atom is 0.268 e. The van der Waals surface area contributed by atoms with Crippen LogP contribution in [0.1, 0.15) is 23.7 Å². The van der Waals surface area contributed by atoms with E-state index in [-0.39, 0.29) is 17.4 Å². The summed E-state index contributed by atoms with van der Waals surface area (Å²) in [4.78, 5) is 29.4. The molecule has 3 heterocycles. The van der Waals surface area contributed by atoms with E-state index >= 15 is 0 Å². The van der Waals surface area contributed by atoms with Crippen LogP contribution in [-0.2, 0) is 11.8 Å². The van der Waals surface area contributed by atoms with Crippen molar-refractivity contribution in [1.82, 2.24) is 14.8 Å². The van der Waals surface area contributed by atoms with Gasteiger partial charge < -0.3 is 15.0 Å². The average molecular weight is 357 g/mol. The summed E-state index contributed by atoms with van der Waals surface area (Å²) < 4.78 is 7.14. The van der Waals surface area contributed by atoms with Crippen molar-refractivity contribution in [2.24, 2.45) is 7.05 Å². The molecule has 2 aromatic rings. The predicted octanol–water partition coefficient (Wildman–Crippen LogP) is 1.09. The van der Waals surface area contributed by atoms with Gasteiger partial charge in [-0.05, 0) is 25.5 Å². The Morgan fingerprint density at radius 2 is 2.23 bits per heavy atom. The third-order valence-electron chi connectivity index (χ3n) is 4.40. The summed E-state index contributed by atoms with van der Waals surface area (Å²) in [6, 6.07) is 5.17. The lowest BCUT2D eigenvalue weighted by atomic mass is 10.2. The largest absolute Gasteiger partial charge is 0.374 e. The quantitative estimate of drug-likeness (QED) is 0.774. The number of carbonyl (C=O) groups excluding carboxylic acids is 1. The van der Waals surface area contributed by atoms with E-state index in [2.05, 4.69) is 20.3 Å². The molecule has 1 aliphatic heterocycles. The molecule has 8 nitrogen and oxygen atoms in total. The highest BCUT2D eigenvalue weighted by Crippen LogP contribution is 2.16. The third kappa shape index (κ3) is 4.45. The fourth-order valence-electron chi connectivity index (χ4n) is 2.83. The molecule has 0 aromatic carbocycles. The lowest BCUT2D eigenvalue weighted by Gasteiger charge is -2.34. The van der Waals surface area contributed by atoms with Gasteiger partial charge in [-0.3, -0.25) is 9.59 Å². The molecule has 138 valence electrons. The van der Waals surface area contributed by atoms with E-state index in [1.807, 2.05) is 0 Å². The molecule has 26 heavy (non-hydrogen) atoms. The first-order valence-electron chi connectivity index (χ1n) is 8.63. The number of anilines is 2. The van der Waals surface area contributed by atoms with Gasteiger partial charge in [-0.25, -0.2) is 9.67 Å². The minimum atomic E-state index is -0.118. The topological polar surface area (TPSA) is 89.4 Å². The van der Waals surface area contributed by atoms with Gasteiger partial charge in [0.1, 0.15) is 5.82 Å². The number of nitrogens with zero attached hydrogens (tertiary/aromatic N) is 4. The monoisotopic (exact) mass is 357 g/mol. The molecule has 1 N–H and O–H groups in total. The zero-order valence-corrected chi connectivity index (χ0v) is 15.0. The van der Waals surface area contributed by atoms with E-state index < -0.39 is 0 Å². The predicted molar refractivity (Wildman–Crippen MR) is 98.8 cm³/mol. The summed E-state index contributed by atoms with van der Waals surface area (Å²) in [5.41, 5.74) is 1.31. The molecule has 0 bridgehead atoms. The molecule has 1 fully saturated rings. The number of morpholine rings is 1. The van der Waals surface area contributed by atoms with Crippen LogP contribution in [0, 0.1) is 0 Å². The third-order valence-corrected chi connectivity index (χ3v) is 4.40. The first-order valence-corrected chi connectivity index (χ1v) is 8.63. The van der Waals surface area contributed by atoms with Crippen LogP contribution in [0.4, 0.5) is 11.5 Å². The summed E-state index contributed by atoms with van der Waals surface area (Å²) in [6.07, 6.45) is 4.16. The summed E-state index contributed by atoms with van der Waals surface area (Å²) in [5, 5.41) is 7.32. The van der Waals surface area contributed by atoms with Crippen LogP contribution in [0.3, 0.4) is 0 Å². The van der Waals surface area contributed by atoms with Crippen molar-refractivity contribution < 1.29 is 9.53 Å². The number of hydrogen-bond donors (Lipinski definition) is 1. The molecule has 0 saturated carbocycles. The maximum atomic E-state index is 11.8. The van der Waals surface area contributed by atoms with Crippen molar-refractivity contribution in [1.29, 1.82) is 0 Å². The molecular formula is C18H23N5O3. The van der Waals surface area contributed by atoms with Crippen molar-refractivity contribution in [2.45, 2.75) is 19.4 Å². The van der Waals surface area contributed by atoms with Crippen LogP contribution in [-0.4, -0.2) is 52.9 Å². The molecule has 2 aromatic heterocycles. The van der Waals surface area contributed by atoms with Crippen LogP contribution >= 0.6 is 0 Å². The molecule has 0 unspecified atom stereocenters. The first kappa shape index (κ1) is 18.1. The Labute approximate surface area is 151 Å². The standard InChI is InChI=1S/C18H23N5O3/c1-13(24)14-3-4-17(20-10-14)19-6-5-16-12-23(7-8-26-16)15-9-18(25)22(2)21-11-15/h3-4,9-11,16H,5-8,12H2,1-2H3,(H,19,20)/t16-/m0/s1. The second kappa shape index (κ2) is 8.09. The number of rotatable bonds is 6. The fraction of sp³-hybridized carbons (Fsp3) is 0.444. The van der Waals surface area contributed by atoms with Crippen molar-refractivity contribution in [3.8, 4) is 0 Å². The van der Waals surface area contributed by atoms with Gasteiger partial charge in [-0.15, -0.1) is 0 Å². The molecule has 0 amide bonds. The van der Waals surface area contributed by atoms with E-state index in [9.17, 15) is 9.59 Å². The highest BCUT2D eigenvalue weighted by molar-refractivity contribution is 5.93. The number of nitrogens with one attached hydrogen (secondary N) is 1. The smallest absolute Gasteiger partial charge is 0.268 e. The van der Waals surface area contributed by atoms with E-state index in [0.29, 0.717) is 25.3 Å². The van der Waals surface area contributed by atoms with Gasteiger partial charge in [-0.1, -0.05) is 0 Å². The lowest BCUT2D eigenvalue weighted by Crippen LogP contribution is -2.43. The highest BCUT2D eigenvalue weighted by Gasteiger charge is 2.21. The zero-order valence-electron chi connectivity index (χ0n) is 15.0. The van der Waals surface area contributed by atoms with E-state index in [4.69, 9.17) is 4.74 Å². The Kier molecular flexibility index (Phi) is 5.62. The molecule has 0 spiro atoms. The number of ether oxygens (including phenoxy) is 1. The number of aryl methyl sites for hydroxylation is 1. The van der Waals surface area contributed by atoms with Crippen molar-refractivity contribution in [2.75, 3.05) is 36.5 Å². The SMILES string of the molecule is CC(=O)c1ccc(NCC[C@H]2CN(c3cnn(C)c(=O)c3)CCO2)nc1. The van der Waals surface area contributed by atoms with Gasteiger partial charge >= 0.3 is 0 Å². The van der Waals surface area contributed by atoms with Crippen molar-refractivity contribution >= 4 is 17.3 Å². The molecule has 1 saturated heterocycles. The summed E-state index contributed by atoms with van der Waals surface area (Å²) in [7, 11) is 1.64. The summed E-state index contributed by atoms with van der Waals surface area (Å²) >= 11 is 0. The molecular weight excluding hydrogens is 334 g/mol. The van der Waals surface area contributed by atoms with E-state index in [0.717, 1.165) is 24.5 Å². The second-order valence-electron chi connectivity index (χ2n) is 6.32. The lowest BCUT2D eigenvalue weighted by molar-refractivity contribution is 0.0374. The number of carbonyl (C=O) groups is 1. The van der Waals surface area contributed by atoms with E-state index in [1.54, 1.807) is 37.6 Å². The van der Waals surface area contributed by atoms with Crippen LogP contribution in [0.2, 0.25) is 0 Å².